The monoisotopic (exact) mass is 369 g/mol. The number of halogens is 1. The van der Waals surface area contributed by atoms with Crippen molar-refractivity contribution >= 4 is 38.7 Å². The Morgan fingerprint density at radius 3 is 2.65 bits per heavy atom. The van der Waals surface area contributed by atoms with Crippen LogP contribution in [0.25, 0.3) is 0 Å². The fourth-order valence-corrected chi connectivity index (χ4v) is 3.81. The van der Waals surface area contributed by atoms with Gasteiger partial charge in [-0.1, -0.05) is 23.7 Å². The van der Waals surface area contributed by atoms with Crippen LogP contribution in [0.15, 0.2) is 53.9 Å². The fourth-order valence-electron chi connectivity index (χ4n) is 2.04. The number of rotatable bonds is 6. The number of carbonyl (C=O) groups is 1. The van der Waals surface area contributed by atoms with Crippen LogP contribution in [-0.4, -0.2) is 32.0 Å². The quantitative estimate of drug-likeness (QED) is 0.730. The number of thiophene rings is 1. The van der Waals surface area contributed by atoms with Crippen molar-refractivity contribution in [3.05, 3.63) is 63.8 Å². The molecule has 7 heteroatoms. The van der Waals surface area contributed by atoms with Gasteiger partial charge in [-0.15, -0.1) is 17.9 Å². The number of sulfone groups is 1. The smallest absolute Gasteiger partial charge is 0.254 e. The van der Waals surface area contributed by atoms with Gasteiger partial charge < -0.3 is 4.90 Å². The Morgan fingerprint density at radius 1 is 1.35 bits per heavy atom. The van der Waals surface area contributed by atoms with E-state index >= 15 is 0 Å². The standard InChI is InChI=1S/C16H16ClNO3S2/c1-3-9-18(11-13-7-8-15(17)22-13)16(19)12-5-4-6-14(10-12)23(2,20)21/h3-8,10H,1,9,11H2,2H3. The van der Waals surface area contributed by atoms with Gasteiger partial charge in [-0.2, -0.15) is 0 Å². The lowest BCUT2D eigenvalue weighted by molar-refractivity contribution is 0.0764. The molecule has 23 heavy (non-hydrogen) atoms. The zero-order valence-electron chi connectivity index (χ0n) is 12.5. The molecule has 0 aliphatic carbocycles. The molecule has 0 bridgehead atoms. The van der Waals surface area contributed by atoms with E-state index in [-0.39, 0.29) is 10.8 Å². The lowest BCUT2D eigenvalue weighted by atomic mass is 10.2. The van der Waals surface area contributed by atoms with Gasteiger partial charge in [0.1, 0.15) is 0 Å². The van der Waals surface area contributed by atoms with Crippen LogP contribution in [0.1, 0.15) is 15.2 Å². The average Bonchev–Trinajstić information content (AvgIpc) is 2.90. The number of carbonyl (C=O) groups excluding carboxylic acids is 1. The second-order valence-electron chi connectivity index (χ2n) is 4.98. The van der Waals surface area contributed by atoms with E-state index in [0.717, 1.165) is 11.1 Å². The van der Waals surface area contributed by atoms with Crippen molar-refractivity contribution in [1.29, 1.82) is 0 Å². The minimum absolute atomic E-state index is 0.126. The van der Waals surface area contributed by atoms with Gasteiger partial charge in [-0.3, -0.25) is 4.79 Å². The van der Waals surface area contributed by atoms with Crippen LogP contribution in [-0.2, 0) is 16.4 Å². The first-order chi connectivity index (χ1) is 10.8. The third kappa shape index (κ3) is 4.67. The molecule has 0 fully saturated rings. The van der Waals surface area contributed by atoms with E-state index in [0.29, 0.717) is 23.0 Å². The van der Waals surface area contributed by atoms with E-state index in [9.17, 15) is 13.2 Å². The summed E-state index contributed by atoms with van der Waals surface area (Å²) in [5.41, 5.74) is 0.331. The molecule has 1 aromatic heterocycles. The van der Waals surface area contributed by atoms with E-state index in [1.54, 1.807) is 29.2 Å². The van der Waals surface area contributed by atoms with E-state index < -0.39 is 9.84 Å². The molecule has 122 valence electrons. The van der Waals surface area contributed by atoms with Crippen molar-refractivity contribution < 1.29 is 13.2 Å². The molecular formula is C16H16ClNO3S2. The molecular weight excluding hydrogens is 354 g/mol. The second kappa shape index (κ2) is 7.29. The predicted molar refractivity (Wildman–Crippen MR) is 93.8 cm³/mol. The molecule has 1 aromatic carbocycles. The van der Waals surface area contributed by atoms with Crippen LogP contribution < -0.4 is 0 Å². The van der Waals surface area contributed by atoms with Crippen LogP contribution in [0.5, 0.6) is 0 Å². The van der Waals surface area contributed by atoms with Crippen molar-refractivity contribution in [2.75, 3.05) is 12.8 Å². The highest BCUT2D eigenvalue weighted by atomic mass is 35.5. The van der Waals surface area contributed by atoms with Crippen molar-refractivity contribution in [2.24, 2.45) is 0 Å². The summed E-state index contributed by atoms with van der Waals surface area (Å²) in [4.78, 5) is 15.3. The largest absolute Gasteiger partial charge is 0.330 e. The molecule has 0 N–H and O–H groups in total. The maximum absolute atomic E-state index is 12.7. The van der Waals surface area contributed by atoms with Gasteiger partial charge in [-0.05, 0) is 30.3 Å². The number of nitrogens with zero attached hydrogens (tertiary/aromatic N) is 1. The highest BCUT2D eigenvalue weighted by molar-refractivity contribution is 7.90. The first kappa shape index (κ1) is 17.7. The van der Waals surface area contributed by atoms with Gasteiger partial charge in [0, 0.05) is 23.2 Å². The van der Waals surface area contributed by atoms with Gasteiger partial charge in [0.15, 0.2) is 9.84 Å². The number of hydrogen-bond acceptors (Lipinski definition) is 4. The van der Waals surface area contributed by atoms with Crippen LogP contribution in [0.3, 0.4) is 0 Å². The molecule has 0 saturated heterocycles. The summed E-state index contributed by atoms with van der Waals surface area (Å²) in [5, 5.41) is 0. The van der Waals surface area contributed by atoms with Gasteiger partial charge in [-0.25, -0.2) is 8.42 Å². The predicted octanol–water partition coefficient (Wildman–Crippen LogP) is 3.63. The number of amides is 1. The number of benzene rings is 1. The Bertz CT molecular complexity index is 827. The zero-order chi connectivity index (χ0) is 17.0. The molecule has 2 aromatic rings. The lowest BCUT2D eigenvalue weighted by Gasteiger charge is -2.20. The first-order valence-electron chi connectivity index (χ1n) is 6.76. The van der Waals surface area contributed by atoms with Crippen molar-refractivity contribution in [3.63, 3.8) is 0 Å². The SMILES string of the molecule is C=CCN(Cc1ccc(Cl)s1)C(=O)c1cccc(S(C)(=O)=O)c1. The van der Waals surface area contributed by atoms with Crippen LogP contribution in [0, 0.1) is 0 Å². The Balaban J connectivity index is 2.29. The van der Waals surface area contributed by atoms with Crippen molar-refractivity contribution in [1.82, 2.24) is 4.90 Å². The summed E-state index contributed by atoms with van der Waals surface area (Å²) in [6.45, 7) is 4.42. The third-order valence-corrected chi connectivity index (χ3v) is 5.45. The van der Waals surface area contributed by atoms with E-state index in [2.05, 4.69) is 6.58 Å². The molecule has 2 rings (SSSR count). The molecule has 0 aliphatic rings. The van der Waals surface area contributed by atoms with Gasteiger partial charge in [0.25, 0.3) is 5.91 Å². The van der Waals surface area contributed by atoms with Gasteiger partial charge in [0.05, 0.1) is 15.8 Å². The fraction of sp³-hybridized carbons (Fsp3) is 0.188. The molecule has 0 aliphatic heterocycles. The molecule has 0 unspecified atom stereocenters. The Labute approximate surface area is 144 Å². The van der Waals surface area contributed by atoms with Gasteiger partial charge in [0.2, 0.25) is 0 Å². The summed E-state index contributed by atoms with van der Waals surface area (Å²) in [5.74, 6) is -0.250. The summed E-state index contributed by atoms with van der Waals surface area (Å²) in [7, 11) is -3.36. The zero-order valence-corrected chi connectivity index (χ0v) is 14.9. The second-order valence-corrected chi connectivity index (χ2v) is 8.80. The molecule has 0 spiro atoms. The number of hydrogen-bond donors (Lipinski definition) is 0. The Hall–Kier alpha value is -1.63. The highest BCUT2D eigenvalue weighted by Crippen LogP contribution is 2.23. The summed E-state index contributed by atoms with van der Waals surface area (Å²) >= 11 is 7.32. The third-order valence-electron chi connectivity index (χ3n) is 3.12. The molecule has 4 nitrogen and oxygen atoms in total. The minimum Gasteiger partial charge on any atom is -0.330 e. The Kier molecular flexibility index (Phi) is 5.62. The molecule has 1 heterocycles. The van der Waals surface area contributed by atoms with Crippen LogP contribution in [0.4, 0.5) is 0 Å². The summed E-state index contributed by atoms with van der Waals surface area (Å²) < 4.78 is 23.9. The molecule has 1 amide bonds. The van der Waals surface area contributed by atoms with Crippen molar-refractivity contribution in [3.8, 4) is 0 Å². The average molecular weight is 370 g/mol. The van der Waals surface area contributed by atoms with Crippen LogP contribution in [0.2, 0.25) is 4.34 Å². The maximum Gasteiger partial charge on any atom is 0.254 e. The summed E-state index contributed by atoms with van der Waals surface area (Å²) in [6, 6.07) is 9.69. The first-order valence-corrected chi connectivity index (χ1v) is 9.84. The normalized spacial score (nSPS) is 11.2. The molecule has 0 saturated carbocycles. The Morgan fingerprint density at radius 2 is 2.09 bits per heavy atom. The minimum atomic E-state index is -3.36. The molecule has 0 radical (unpaired) electrons. The topological polar surface area (TPSA) is 54.5 Å². The van der Waals surface area contributed by atoms with E-state index in [1.807, 2.05) is 6.07 Å². The molecule has 0 atom stereocenters. The van der Waals surface area contributed by atoms with E-state index in [4.69, 9.17) is 11.6 Å². The lowest BCUT2D eigenvalue weighted by Crippen LogP contribution is -2.30. The summed E-state index contributed by atoms with van der Waals surface area (Å²) in [6.07, 6.45) is 2.75. The maximum atomic E-state index is 12.7. The van der Waals surface area contributed by atoms with E-state index in [1.165, 1.54) is 23.5 Å². The van der Waals surface area contributed by atoms with Crippen molar-refractivity contribution in [2.45, 2.75) is 11.4 Å². The van der Waals surface area contributed by atoms with Crippen LogP contribution >= 0.6 is 22.9 Å². The highest BCUT2D eigenvalue weighted by Gasteiger charge is 2.18. The van der Waals surface area contributed by atoms with Gasteiger partial charge >= 0.3 is 0 Å².